The first-order chi connectivity index (χ1) is 7.79. The highest BCUT2D eigenvalue weighted by Crippen LogP contribution is 2.30. The van der Waals surface area contributed by atoms with Gasteiger partial charge in [-0.1, -0.05) is 29.3 Å². The van der Waals surface area contributed by atoms with Gasteiger partial charge in [0.25, 0.3) is 0 Å². The topological polar surface area (TPSA) is 30.7 Å². The molecular formula is C12H20BrN3. The van der Waals surface area contributed by atoms with E-state index >= 15 is 0 Å². The summed E-state index contributed by atoms with van der Waals surface area (Å²) in [4.78, 5) is 5.11. The summed E-state index contributed by atoms with van der Waals surface area (Å²) in [5, 5.41) is 4.28. The zero-order valence-electron chi connectivity index (χ0n) is 9.90. The average Bonchev–Trinajstić information content (AvgIpc) is 2.66. The molecule has 0 bridgehead atoms. The zero-order valence-corrected chi connectivity index (χ0v) is 11.5. The van der Waals surface area contributed by atoms with E-state index in [-0.39, 0.29) is 0 Å². The summed E-state index contributed by atoms with van der Waals surface area (Å²) in [6.45, 7) is 3.18. The molecule has 3 nitrogen and oxygen atoms in total. The Balaban J connectivity index is 1.94. The smallest absolute Gasteiger partial charge is 0.138 e. The minimum atomic E-state index is 0.716. The second-order valence-electron chi connectivity index (χ2n) is 4.73. The van der Waals surface area contributed by atoms with E-state index in [0.717, 1.165) is 25.3 Å². The van der Waals surface area contributed by atoms with Crippen molar-refractivity contribution in [3.8, 4) is 0 Å². The summed E-state index contributed by atoms with van der Waals surface area (Å²) in [5.74, 6) is 1.96. The largest absolute Gasteiger partial charge is 0.250 e. The van der Waals surface area contributed by atoms with Gasteiger partial charge < -0.3 is 0 Å². The van der Waals surface area contributed by atoms with Gasteiger partial charge in [-0.3, -0.25) is 4.68 Å². The molecule has 1 aliphatic carbocycles. The Bertz CT molecular complexity index is 324. The Hall–Kier alpha value is -0.380. The van der Waals surface area contributed by atoms with Crippen molar-refractivity contribution in [3.05, 3.63) is 12.2 Å². The van der Waals surface area contributed by atoms with E-state index in [4.69, 9.17) is 0 Å². The predicted molar refractivity (Wildman–Crippen MR) is 68.7 cm³/mol. The summed E-state index contributed by atoms with van der Waals surface area (Å²) in [6, 6.07) is 0. The van der Waals surface area contributed by atoms with Gasteiger partial charge in [0.2, 0.25) is 0 Å². The molecule has 0 N–H and O–H groups in total. The van der Waals surface area contributed by atoms with E-state index in [2.05, 4.69) is 37.6 Å². The first kappa shape index (κ1) is 12.1. The Morgan fingerprint density at radius 2 is 2.38 bits per heavy atom. The third kappa shape index (κ3) is 3.06. The van der Waals surface area contributed by atoms with Crippen LogP contribution in [0.15, 0.2) is 6.33 Å². The van der Waals surface area contributed by atoms with Crippen LogP contribution in [0, 0.1) is 5.92 Å². The number of alkyl halides is 1. The molecule has 2 rings (SSSR count). The quantitative estimate of drug-likeness (QED) is 0.796. The molecule has 2 atom stereocenters. The Morgan fingerprint density at radius 1 is 1.50 bits per heavy atom. The van der Waals surface area contributed by atoms with Crippen molar-refractivity contribution in [3.63, 3.8) is 0 Å². The summed E-state index contributed by atoms with van der Waals surface area (Å²) in [6.07, 6.45) is 9.24. The molecule has 1 heterocycles. The van der Waals surface area contributed by atoms with Crippen molar-refractivity contribution in [2.75, 3.05) is 0 Å². The van der Waals surface area contributed by atoms with E-state index in [1.807, 2.05) is 0 Å². The third-order valence-corrected chi connectivity index (χ3v) is 4.15. The molecule has 0 aliphatic heterocycles. The number of nitrogens with zero attached hydrogens (tertiary/aromatic N) is 3. The monoisotopic (exact) mass is 285 g/mol. The lowest BCUT2D eigenvalue weighted by atomic mass is 9.87. The molecular weight excluding hydrogens is 266 g/mol. The van der Waals surface area contributed by atoms with Gasteiger partial charge in [0.1, 0.15) is 12.2 Å². The van der Waals surface area contributed by atoms with E-state index in [1.165, 1.54) is 31.5 Å². The van der Waals surface area contributed by atoms with Crippen LogP contribution in [0.3, 0.4) is 0 Å². The number of halogens is 1. The summed E-state index contributed by atoms with van der Waals surface area (Å²) >= 11 is 3.74. The lowest BCUT2D eigenvalue weighted by Crippen LogP contribution is -2.19. The van der Waals surface area contributed by atoms with Crippen LogP contribution in [0.2, 0.25) is 0 Å². The maximum absolute atomic E-state index is 4.39. The molecule has 1 aromatic heterocycles. The highest BCUT2D eigenvalue weighted by atomic mass is 79.9. The van der Waals surface area contributed by atoms with Crippen LogP contribution in [0.5, 0.6) is 0 Å². The fourth-order valence-corrected chi connectivity index (χ4v) is 3.37. The summed E-state index contributed by atoms with van der Waals surface area (Å²) in [5.41, 5.74) is 0. The molecule has 2 unspecified atom stereocenters. The van der Waals surface area contributed by atoms with Gasteiger partial charge in [-0.15, -0.1) is 0 Å². The van der Waals surface area contributed by atoms with Crippen molar-refractivity contribution < 1.29 is 0 Å². The Morgan fingerprint density at radius 3 is 3.12 bits per heavy atom. The number of aryl methyl sites for hydroxylation is 1. The second kappa shape index (κ2) is 5.80. The molecule has 1 aliphatic rings. The Labute approximate surface area is 106 Å². The zero-order chi connectivity index (χ0) is 11.4. The van der Waals surface area contributed by atoms with Gasteiger partial charge >= 0.3 is 0 Å². The predicted octanol–water partition coefficient (Wildman–Crippen LogP) is 3.18. The van der Waals surface area contributed by atoms with Gasteiger partial charge in [0.05, 0.1) is 0 Å². The normalized spacial score (nSPS) is 25.9. The molecule has 4 heteroatoms. The summed E-state index contributed by atoms with van der Waals surface area (Å²) < 4.78 is 2.07. The Kier molecular flexibility index (Phi) is 4.38. The molecule has 90 valence electrons. The number of hydrogen-bond acceptors (Lipinski definition) is 2. The van der Waals surface area contributed by atoms with Gasteiger partial charge in [-0.2, -0.15) is 5.10 Å². The maximum Gasteiger partial charge on any atom is 0.138 e. The number of aromatic nitrogens is 3. The highest BCUT2D eigenvalue weighted by Gasteiger charge is 2.21. The van der Waals surface area contributed by atoms with E-state index < -0.39 is 0 Å². The van der Waals surface area contributed by atoms with Crippen molar-refractivity contribution in [1.29, 1.82) is 0 Å². The molecule has 1 saturated carbocycles. The number of rotatable bonds is 4. The molecule has 0 spiro atoms. The summed E-state index contributed by atoms with van der Waals surface area (Å²) in [7, 11) is 0. The maximum atomic E-state index is 4.39. The van der Waals surface area contributed by atoms with Crippen molar-refractivity contribution in [2.45, 2.75) is 56.8 Å². The molecule has 1 aromatic rings. The lowest BCUT2D eigenvalue weighted by molar-refractivity contribution is 0.355. The fourth-order valence-electron chi connectivity index (χ4n) is 2.51. The molecule has 0 saturated heterocycles. The van der Waals surface area contributed by atoms with E-state index in [9.17, 15) is 0 Å². The highest BCUT2D eigenvalue weighted by molar-refractivity contribution is 9.09. The minimum Gasteiger partial charge on any atom is -0.250 e. The van der Waals surface area contributed by atoms with E-state index in [1.54, 1.807) is 6.33 Å². The molecule has 0 aromatic carbocycles. The van der Waals surface area contributed by atoms with Crippen molar-refractivity contribution in [2.24, 2.45) is 5.92 Å². The first-order valence-corrected chi connectivity index (χ1v) is 7.22. The van der Waals surface area contributed by atoms with Crippen LogP contribution in [0.1, 0.15) is 44.9 Å². The van der Waals surface area contributed by atoms with Crippen molar-refractivity contribution >= 4 is 15.9 Å². The minimum absolute atomic E-state index is 0.716. The van der Waals surface area contributed by atoms with Crippen LogP contribution in [0.4, 0.5) is 0 Å². The SMILES string of the molecule is CCCn1ncnc1CC1CCCC(Br)C1. The first-order valence-electron chi connectivity index (χ1n) is 6.30. The van der Waals surface area contributed by atoms with Crippen LogP contribution in [-0.4, -0.2) is 19.6 Å². The lowest BCUT2D eigenvalue weighted by Gasteiger charge is -2.25. The standard InChI is InChI=1S/C12H20BrN3/c1-2-6-16-12(14-9-15-16)8-10-4-3-5-11(13)7-10/h9-11H,2-8H2,1H3. The van der Waals surface area contributed by atoms with Crippen LogP contribution < -0.4 is 0 Å². The number of hydrogen-bond donors (Lipinski definition) is 0. The second-order valence-corrected chi connectivity index (χ2v) is 6.03. The van der Waals surface area contributed by atoms with Crippen LogP contribution >= 0.6 is 15.9 Å². The fraction of sp³-hybridized carbons (Fsp3) is 0.833. The van der Waals surface area contributed by atoms with Crippen LogP contribution in [-0.2, 0) is 13.0 Å². The van der Waals surface area contributed by atoms with Gasteiger partial charge in [0.15, 0.2) is 0 Å². The molecule has 0 radical (unpaired) electrons. The van der Waals surface area contributed by atoms with Gasteiger partial charge in [0, 0.05) is 17.8 Å². The molecule has 1 fully saturated rings. The van der Waals surface area contributed by atoms with Gasteiger partial charge in [-0.05, 0) is 31.6 Å². The van der Waals surface area contributed by atoms with Crippen molar-refractivity contribution in [1.82, 2.24) is 14.8 Å². The molecule has 16 heavy (non-hydrogen) atoms. The third-order valence-electron chi connectivity index (χ3n) is 3.32. The van der Waals surface area contributed by atoms with E-state index in [0.29, 0.717) is 4.83 Å². The van der Waals surface area contributed by atoms with Gasteiger partial charge in [-0.25, -0.2) is 4.98 Å². The molecule has 0 amide bonds. The average molecular weight is 286 g/mol. The van der Waals surface area contributed by atoms with Crippen LogP contribution in [0.25, 0.3) is 0 Å².